The Labute approximate surface area is 194 Å². The molecule has 30 heavy (non-hydrogen) atoms. The molecule has 3 heterocycles. The molecule has 2 aliphatic heterocycles. The molecule has 2 aromatic rings. The van der Waals surface area contributed by atoms with Crippen molar-refractivity contribution in [2.75, 3.05) is 19.6 Å². The number of carbonyl (C=O) groups excluding carboxylic acids is 2. The monoisotopic (exact) mass is 505 g/mol. The predicted octanol–water partition coefficient (Wildman–Crippen LogP) is 4.88. The molecule has 4 rings (SSSR count). The van der Waals surface area contributed by atoms with Crippen molar-refractivity contribution in [1.29, 1.82) is 0 Å². The summed E-state index contributed by atoms with van der Waals surface area (Å²) in [5, 5.41) is 1.01. The van der Waals surface area contributed by atoms with Crippen LogP contribution in [0.2, 0.25) is 0 Å². The molecule has 2 saturated heterocycles. The first-order valence-electron chi connectivity index (χ1n) is 10.2. The van der Waals surface area contributed by atoms with E-state index in [1.54, 1.807) is 4.90 Å². The third-order valence-electron chi connectivity index (χ3n) is 5.79. The standard InChI is InChI=1S/C22H24BrN3O2S2/c1-3-26-21(28)19(30-22(26)29)10-15-12-25(18-5-4-16(23)11-17(15)18)13-20(27)24-8-6-14(2)7-9-24/h4-5,10-12,14H,3,6-9,13H2,1-2H3/b19-10-. The Hall–Kier alpha value is -1.64. The van der Waals surface area contributed by atoms with Crippen LogP contribution in [-0.2, 0) is 16.1 Å². The molecular formula is C22H24BrN3O2S2. The normalized spacial score (nSPS) is 19.5. The Kier molecular flexibility index (Phi) is 6.36. The van der Waals surface area contributed by atoms with Crippen LogP contribution in [0, 0.1) is 5.92 Å². The Bertz CT molecular complexity index is 1050. The Morgan fingerprint density at radius 3 is 2.73 bits per heavy atom. The molecule has 1 aromatic carbocycles. The van der Waals surface area contributed by atoms with Crippen LogP contribution in [0.4, 0.5) is 0 Å². The topological polar surface area (TPSA) is 45.6 Å². The number of nitrogens with zero attached hydrogens (tertiary/aromatic N) is 3. The van der Waals surface area contributed by atoms with Gasteiger partial charge >= 0.3 is 0 Å². The van der Waals surface area contributed by atoms with E-state index >= 15 is 0 Å². The SMILES string of the molecule is CCN1C(=O)/C(=C/c2cn(CC(=O)N3CCC(C)CC3)c3ccc(Br)cc23)SC1=S. The second-order valence-electron chi connectivity index (χ2n) is 7.86. The third-order valence-corrected chi connectivity index (χ3v) is 7.66. The number of fused-ring (bicyclic) bond motifs is 1. The molecule has 2 amide bonds. The van der Waals surface area contributed by atoms with Gasteiger partial charge in [-0.25, -0.2) is 0 Å². The summed E-state index contributed by atoms with van der Waals surface area (Å²) in [6.07, 6.45) is 6.00. The van der Waals surface area contributed by atoms with E-state index in [9.17, 15) is 9.59 Å². The zero-order valence-electron chi connectivity index (χ0n) is 17.1. The van der Waals surface area contributed by atoms with Crippen LogP contribution < -0.4 is 0 Å². The number of piperidine rings is 1. The summed E-state index contributed by atoms with van der Waals surface area (Å²) < 4.78 is 3.54. The van der Waals surface area contributed by atoms with Crippen LogP contribution in [0.15, 0.2) is 33.8 Å². The number of amides is 2. The molecule has 8 heteroatoms. The van der Waals surface area contributed by atoms with Gasteiger partial charge in [0.15, 0.2) is 0 Å². The minimum absolute atomic E-state index is 0.0538. The number of hydrogen-bond donors (Lipinski definition) is 0. The Morgan fingerprint density at radius 1 is 1.33 bits per heavy atom. The Balaban J connectivity index is 1.66. The van der Waals surface area contributed by atoms with Gasteiger partial charge in [0.25, 0.3) is 5.91 Å². The number of halogens is 1. The van der Waals surface area contributed by atoms with Crippen molar-refractivity contribution in [3.8, 4) is 0 Å². The maximum atomic E-state index is 12.9. The van der Waals surface area contributed by atoms with E-state index in [1.807, 2.05) is 46.9 Å². The highest BCUT2D eigenvalue weighted by molar-refractivity contribution is 9.10. The smallest absolute Gasteiger partial charge is 0.266 e. The van der Waals surface area contributed by atoms with E-state index in [1.165, 1.54) is 11.8 Å². The summed E-state index contributed by atoms with van der Waals surface area (Å²) in [6, 6.07) is 6.02. The number of thiocarbonyl (C=S) groups is 1. The fraction of sp³-hybridized carbons (Fsp3) is 0.409. The number of aromatic nitrogens is 1. The van der Waals surface area contributed by atoms with Gasteiger partial charge in [-0.2, -0.15) is 0 Å². The maximum Gasteiger partial charge on any atom is 0.266 e. The van der Waals surface area contributed by atoms with Crippen molar-refractivity contribution in [2.45, 2.75) is 33.2 Å². The molecule has 0 spiro atoms. The van der Waals surface area contributed by atoms with Gasteiger partial charge in [0.05, 0.1) is 4.91 Å². The molecule has 5 nitrogen and oxygen atoms in total. The van der Waals surface area contributed by atoms with Gasteiger partial charge in [-0.15, -0.1) is 0 Å². The lowest BCUT2D eigenvalue weighted by Gasteiger charge is -2.30. The lowest BCUT2D eigenvalue weighted by molar-refractivity contribution is -0.133. The summed E-state index contributed by atoms with van der Waals surface area (Å²) in [6.45, 7) is 6.69. The lowest BCUT2D eigenvalue weighted by atomic mass is 9.99. The maximum absolute atomic E-state index is 12.9. The number of benzene rings is 1. The average molecular weight is 506 g/mol. The first kappa shape index (κ1) is 21.6. The van der Waals surface area contributed by atoms with E-state index in [2.05, 4.69) is 22.9 Å². The fourth-order valence-electron chi connectivity index (χ4n) is 3.96. The quantitative estimate of drug-likeness (QED) is 0.438. The molecule has 2 aliphatic rings. The average Bonchev–Trinajstić information content (AvgIpc) is 3.18. The van der Waals surface area contributed by atoms with Crippen LogP contribution in [-0.4, -0.2) is 50.1 Å². The first-order chi connectivity index (χ1) is 14.4. The molecule has 0 saturated carbocycles. The first-order valence-corrected chi connectivity index (χ1v) is 12.2. The van der Waals surface area contributed by atoms with Crippen LogP contribution in [0.3, 0.4) is 0 Å². The van der Waals surface area contributed by atoms with E-state index in [0.717, 1.165) is 46.9 Å². The summed E-state index contributed by atoms with van der Waals surface area (Å²) in [5.74, 6) is 0.778. The summed E-state index contributed by atoms with van der Waals surface area (Å²) >= 11 is 10.2. The van der Waals surface area contributed by atoms with E-state index in [0.29, 0.717) is 28.2 Å². The number of thioether (sulfide) groups is 1. The third kappa shape index (κ3) is 4.22. The Morgan fingerprint density at radius 2 is 2.07 bits per heavy atom. The number of likely N-dealkylation sites (tertiary alicyclic amines) is 1. The number of carbonyl (C=O) groups is 2. The zero-order chi connectivity index (χ0) is 21.4. The highest BCUT2D eigenvalue weighted by Gasteiger charge is 2.31. The predicted molar refractivity (Wildman–Crippen MR) is 130 cm³/mol. The molecule has 158 valence electrons. The van der Waals surface area contributed by atoms with Crippen molar-refractivity contribution in [2.24, 2.45) is 5.92 Å². The second-order valence-corrected chi connectivity index (χ2v) is 10.5. The molecule has 0 unspecified atom stereocenters. The minimum Gasteiger partial charge on any atom is -0.341 e. The lowest BCUT2D eigenvalue weighted by Crippen LogP contribution is -2.39. The highest BCUT2D eigenvalue weighted by Crippen LogP contribution is 2.35. The largest absolute Gasteiger partial charge is 0.341 e. The molecule has 0 radical (unpaired) electrons. The van der Waals surface area contributed by atoms with Gasteiger partial charge in [0.1, 0.15) is 10.9 Å². The summed E-state index contributed by atoms with van der Waals surface area (Å²) in [4.78, 5) is 29.8. The number of hydrogen-bond acceptors (Lipinski definition) is 4. The van der Waals surface area contributed by atoms with Gasteiger partial charge < -0.3 is 9.47 Å². The molecule has 0 bridgehead atoms. The number of rotatable bonds is 4. The molecular weight excluding hydrogens is 482 g/mol. The van der Waals surface area contributed by atoms with Gasteiger partial charge in [-0.3, -0.25) is 14.5 Å². The molecule has 0 aliphatic carbocycles. The molecule has 0 atom stereocenters. The second kappa shape index (κ2) is 8.85. The van der Waals surface area contributed by atoms with Crippen LogP contribution in [0.1, 0.15) is 32.3 Å². The molecule has 1 aromatic heterocycles. The van der Waals surface area contributed by atoms with Crippen LogP contribution >= 0.6 is 39.9 Å². The van der Waals surface area contributed by atoms with Gasteiger partial charge in [0, 0.05) is 46.8 Å². The van der Waals surface area contributed by atoms with Gasteiger partial charge in [-0.05, 0) is 50.0 Å². The minimum atomic E-state index is -0.0538. The van der Waals surface area contributed by atoms with Crippen molar-refractivity contribution in [1.82, 2.24) is 14.4 Å². The fourth-order valence-corrected chi connectivity index (χ4v) is 5.70. The number of likely N-dealkylation sites (N-methyl/N-ethyl adjacent to an activating group) is 1. The van der Waals surface area contributed by atoms with Crippen LogP contribution in [0.25, 0.3) is 17.0 Å². The summed E-state index contributed by atoms with van der Waals surface area (Å²) in [5.41, 5.74) is 1.90. The molecule has 2 fully saturated rings. The van der Waals surface area contributed by atoms with E-state index in [-0.39, 0.29) is 11.8 Å². The van der Waals surface area contributed by atoms with Crippen LogP contribution in [0.5, 0.6) is 0 Å². The van der Waals surface area contributed by atoms with E-state index < -0.39 is 0 Å². The van der Waals surface area contributed by atoms with Gasteiger partial charge in [0.2, 0.25) is 5.91 Å². The highest BCUT2D eigenvalue weighted by atomic mass is 79.9. The zero-order valence-corrected chi connectivity index (χ0v) is 20.3. The van der Waals surface area contributed by atoms with Crippen molar-refractivity contribution >= 4 is 73.0 Å². The molecule has 0 N–H and O–H groups in total. The van der Waals surface area contributed by atoms with Crippen molar-refractivity contribution < 1.29 is 9.59 Å². The summed E-state index contributed by atoms with van der Waals surface area (Å²) in [7, 11) is 0. The van der Waals surface area contributed by atoms with E-state index in [4.69, 9.17) is 12.2 Å². The van der Waals surface area contributed by atoms with Gasteiger partial charge in [-0.1, -0.05) is 46.8 Å². The van der Waals surface area contributed by atoms with Crippen molar-refractivity contribution in [3.63, 3.8) is 0 Å². The van der Waals surface area contributed by atoms with Crippen molar-refractivity contribution in [3.05, 3.63) is 39.3 Å².